The number of nitrogens with one attached hydrogen (secondary N) is 2. The van der Waals surface area contributed by atoms with Crippen molar-refractivity contribution in [1.29, 1.82) is 0 Å². The molecule has 0 radical (unpaired) electrons. The highest BCUT2D eigenvalue weighted by molar-refractivity contribution is 7.09. The third kappa shape index (κ3) is 3.57. The summed E-state index contributed by atoms with van der Waals surface area (Å²) in [7, 11) is 0. The summed E-state index contributed by atoms with van der Waals surface area (Å²) in [5.74, 6) is -0.0769. The average Bonchev–Trinajstić information content (AvgIpc) is 2.99. The number of carbonyl (C=O) groups excluding carboxylic acids is 1. The van der Waals surface area contributed by atoms with E-state index in [-0.39, 0.29) is 11.9 Å². The van der Waals surface area contributed by atoms with Crippen LogP contribution >= 0.6 is 11.3 Å². The molecule has 2 N–H and O–H groups in total. The molecule has 2 rings (SSSR count). The first-order chi connectivity index (χ1) is 9.72. The van der Waals surface area contributed by atoms with E-state index in [1.165, 1.54) is 0 Å². The van der Waals surface area contributed by atoms with Crippen molar-refractivity contribution in [2.75, 3.05) is 11.9 Å². The van der Waals surface area contributed by atoms with Gasteiger partial charge >= 0.3 is 0 Å². The van der Waals surface area contributed by atoms with E-state index in [4.69, 9.17) is 0 Å². The molecule has 1 aromatic heterocycles. The number of thiazole rings is 1. The Morgan fingerprint density at radius 1 is 1.40 bits per heavy atom. The van der Waals surface area contributed by atoms with Gasteiger partial charge in [-0.1, -0.05) is 19.1 Å². The maximum Gasteiger partial charge on any atom is 0.253 e. The molecule has 0 aliphatic rings. The van der Waals surface area contributed by atoms with Crippen molar-refractivity contribution >= 4 is 22.9 Å². The number of nitrogens with zero attached hydrogens (tertiary/aromatic N) is 1. The van der Waals surface area contributed by atoms with Gasteiger partial charge in [0.25, 0.3) is 5.91 Å². The van der Waals surface area contributed by atoms with Crippen molar-refractivity contribution in [3.63, 3.8) is 0 Å². The summed E-state index contributed by atoms with van der Waals surface area (Å²) in [6, 6.07) is 7.49. The van der Waals surface area contributed by atoms with E-state index in [0.717, 1.165) is 23.7 Å². The van der Waals surface area contributed by atoms with Gasteiger partial charge in [0.1, 0.15) is 5.01 Å². The molecule has 0 saturated heterocycles. The van der Waals surface area contributed by atoms with Crippen LogP contribution in [0.3, 0.4) is 0 Å². The molecule has 1 heterocycles. The van der Waals surface area contributed by atoms with Gasteiger partial charge < -0.3 is 10.6 Å². The van der Waals surface area contributed by atoms with Gasteiger partial charge in [0.05, 0.1) is 11.6 Å². The quantitative estimate of drug-likeness (QED) is 0.856. The van der Waals surface area contributed by atoms with Crippen molar-refractivity contribution in [2.45, 2.75) is 26.3 Å². The Morgan fingerprint density at radius 2 is 2.20 bits per heavy atom. The molecular weight excluding hydrogens is 270 g/mol. The van der Waals surface area contributed by atoms with Gasteiger partial charge in [0.15, 0.2) is 0 Å². The van der Waals surface area contributed by atoms with Gasteiger partial charge in [0, 0.05) is 23.8 Å². The van der Waals surface area contributed by atoms with Gasteiger partial charge in [-0.3, -0.25) is 4.79 Å². The molecule has 0 aliphatic carbocycles. The monoisotopic (exact) mass is 289 g/mol. The minimum atomic E-state index is -0.0817. The number of amides is 1. The zero-order chi connectivity index (χ0) is 14.4. The largest absolute Gasteiger partial charge is 0.384 e. The summed E-state index contributed by atoms with van der Waals surface area (Å²) >= 11 is 1.54. The first kappa shape index (κ1) is 14.5. The second-order valence-electron chi connectivity index (χ2n) is 4.54. The van der Waals surface area contributed by atoms with Crippen LogP contribution < -0.4 is 10.6 Å². The Kier molecular flexibility index (Phi) is 5.12. The standard InChI is InChI=1S/C15H19N3OS/c1-3-8-16-13-7-5-4-6-12(13)14(19)18-11(2)15-17-9-10-20-15/h4-7,9-11,16H,3,8H2,1-2H3,(H,18,19). The summed E-state index contributed by atoms with van der Waals surface area (Å²) in [6.45, 7) is 4.89. The highest BCUT2D eigenvalue weighted by Crippen LogP contribution is 2.18. The SMILES string of the molecule is CCCNc1ccccc1C(=O)NC(C)c1nccs1. The summed E-state index contributed by atoms with van der Waals surface area (Å²) < 4.78 is 0. The predicted octanol–water partition coefficient (Wildman–Crippen LogP) is 3.46. The van der Waals surface area contributed by atoms with Crippen LogP contribution in [0.2, 0.25) is 0 Å². The summed E-state index contributed by atoms with van der Waals surface area (Å²) in [5, 5.41) is 9.09. The Labute approximate surface area is 123 Å². The van der Waals surface area contributed by atoms with Crippen LogP contribution in [-0.4, -0.2) is 17.4 Å². The third-order valence-corrected chi connectivity index (χ3v) is 3.86. The number of carbonyl (C=O) groups is 1. The van der Waals surface area contributed by atoms with E-state index in [1.54, 1.807) is 17.5 Å². The third-order valence-electron chi connectivity index (χ3n) is 2.91. The lowest BCUT2D eigenvalue weighted by atomic mass is 10.1. The van der Waals surface area contributed by atoms with Gasteiger partial charge in [-0.15, -0.1) is 11.3 Å². The van der Waals surface area contributed by atoms with E-state index >= 15 is 0 Å². The Hall–Kier alpha value is -1.88. The summed E-state index contributed by atoms with van der Waals surface area (Å²) in [6.07, 6.45) is 2.77. The van der Waals surface area contributed by atoms with E-state index in [0.29, 0.717) is 5.56 Å². The van der Waals surface area contributed by atoms with Crippen LogP contribution in [0, 0.1) is 0 Å². The van der Waals surface area contributed by atoms with Crippen molar-refractivity contribution in [3.8, 4) is 0 Å². The molecule has 1 amide bonds. The molecule has 106 valence electrons. The Morgan fingerprint density at radius 3 is 2.90 bits per heavy atom. The molecule has 0 spiro atoms. The lowest BCUT2D eigenvalue weighted by Crippen LogP contribution is -2.27. The van der Waals surface area contributed by atoms with Crippen molar-refractivity contribution in [1.82, 2.24) is 10.3 Å². The van der Waals surface area contributed by atoms with Crippen molar-refractivity contribution in [3.05, 3.63) is 46.4 Å². The lowest BCUT2D eigenvalue weighted by Gasteiger charge is -2.14. The molecule has 20 heavy (non-hydrogen) atoms. The van der Waals surface area contributed by atoms with Crippen LogP contribution in [-0.2, 0) is 0 Å². The molecule has 5 heteroatoms. The molecule has 0 saturated carbocycles. The molecule has 1 atom stereocenters. The Balaban J connectivity index is 2.09. The zero-order valence-corrected chi connectivity index (χ0v) is 12.5. The highest BCUT2D eigenvalue weighted by Gasteiger charge is 2.15. The molecule has 1 aromatic carbocycles. The van der Waals surface area contributed by atoms with E-state index in [2.05, 4.69) is 22.5 Å². The molecule has 1 unspecified atom stereocenters. The zero-order valence-electron chi connectivity index (χ0n) is 11.7. The number of anilines is 1. The van der Waals surface area contributed by atoms with Crippen LogP contribution in [0.1, 0.15) is 41.7 Å². The second-order valence-corrected chi connectivity index (χ2v) is 5.46. The number of hydrogen-bond donors (Lipinski definition) is 2. The van der Waals surface area contributed by atoms with Crippen LogP contribution in [0.15, 0.2) is 35.8 Å². The summed E-state index contributed by atoms with van der Waals surface area (Å²) in [5.41, 5.74) is 1.54. The highest BCUT2D eigenvalue weighted by atomic mass is 32.1. The maximum absolute atomic E-state index is 12.4. The minimum Gasteiger partial charge on any atom is -0.384 e. The molecule has 0 fully saturated rings. The van der Waals surface area contributed by atoms with Crippen LogP contribution in [0.5, 0.6) is 0 Å². The first-order valence-electron chi connectivity index (χ1n) is 6.75. The topological polar surface area (TPSA) is 54.0 Å². The number of aromatic nitrogens is 1. The van der Waals surface area contributed by atoms with Crippen LogP contribution in [0.25, 0.3) is 0 Å². The fraction of sp³-hybridized carbons (Fsp3) is 0.333. The first-order valence-corrected chi connectivity index (χ1v) is 7.63. The van der Waals surface area contributed by atoms with E-state index in [9.17, 15) is 4.79 Å². The van der Waals surface area contributed by atoms with Gasteiger partial charge in [-0.05, 0) is 25.5 Å². The van der Waals surface area contributed by atoms with E-state index < -0.39 is 0 Å². The second kappa shape index (κ2) is 7.05. The number of hydrogen-bond acceptors (Lipinski definition) is 4. The summed E-state index contributed by atoms with van der Waals surface area (Å²) in [4.78, 5) is 16.6. The molecule has 0 aliphatic heterocycles. The van der Waals surface area contributed by atoms with Crippen molar-refractivity contribution < 1.29 is 4.79 Å². The minimum absolute atomic E-state index is 0.0769. The number of para-hydroxylation sites is 1. The van der Waals surface area contributed by atoms with Crippen LogP contribution in [0.4, 0.5) is 5.69 Å². The molecule has 4 nitrogen and oxygen atoms in total. The van der Waals surface area contributed by atoms with Gasteiger partial charge in [-0.25, -0.2) is 4.98 Å². The smallest absolute Gasteiger partial charge is 0.253 e. The normalized spacial score (nSPS) is 11.9. The van der Waals surface area contributed by atoms with Gasteiger partial charge in [-0.2, -0.15) is 0 Å². The fourth-order valence-electron chi connectivity index (χ4n) is 1.88. The Bertz CT molecular complexity index is 554. The van der Waals surface area contributed by atoms with Gasteiger partial charge in [0.2, 0.25) is 0 Å². The number of benzene rings is 1. The fourth-order valence-corrected chi connectivity index (χ4v) is 2.53. The average molecular weight is 289 g/mol. The molecular formula is C15H19N3OS. The predicted molar refractivity (Wildman–Crippen MR) is 83.2 cm³/mol. The van der Waals surface area contributed by atoms with E-state index in [1.807, 2.05) is 36.6 Å². The van der Waals surface area contributed by atoms with Crippen molar-refractivity contribution in [2.24, 2.45) is 0 Å². The lowest BCUT2D eigenvalue weighted by molar-refractivity contribution is 0.0940. The molecule has 2 aromatic rings. The maximum atomic E-state index is 12.4. The molecule has 0 bridgehead atoms. The number of rotatable bonds is 6.